The van der Waals surface area contributed by atoms with Crippen LogP contribution in [0.1, 0.15) is 63.2 Å². The highest BCUT2D eigenvalue weighted by molar-refractivity contribution is 5.29. The van der Waals surface area contributed by atoms with Crippen LogP contribution in [0.25, 0.3) is 0 Å². The first-order valence-corrected chi connectivity index (χ1v) is 7.29. The maximum Gasteiger partial charge on any atom is 0.0848 e. The largest absolute Gasteiger partial charge is 0.388 e. The average Bonchev–Trinajstić information content (AvgIpc) is 2.77. The third-order valence-corrected chi connectivity index (χ3v) is 4.48. The fourth-order valence-corrected chi connectivity index (χ4v) is 3.70. The van der Waals surface area contributed by atoms with Gasteiger partial charge in [-0.25, -0.2) is 0 Å². The summed E-state index contributed by atoms with van der Waals surface area (Å²) in [6.45, 7) is 6.64. The van der Waals surface area contributed by atoms with Gasteiger partial charge in [-0.15, -0.1) is 0 Å². The number of aryl methyl sites for hydroxylation is 1. The van der Waals surface area contributed by atoms with Crippen molar-refractivity contribution < 1.29 is 5.11 Å². The van der Waals surface area contributed by atoms with Crippen molar-refractivity contribution in [2.75, 3.05) is 0 Å². The molecule has 1 unspecified atom stereocenters. The number of hydrogen-bond donors (Lipinski definition) is 1. The van der Waals surface area contributed by atoms with Crippen molar-refractivity contribution >= 4 is 0 Å². The van der Waals surface area contributed by atoms with Crippen LogP contribution in [0.15, 0.2) is 24.3 Å². The van der Waals surface area contributed by atoms with E-state index in [1.165, 1.54) is 31.2 Å². The van der Waals surface area contributed by atoms with E-state index in [2.05, 4.69) is 39.0 Å². The van der Waals surface area contributed by atoms with E-state index < -0.39 is 0 Å². The lowest BCUT2D eigenvalue weighted by Crippen LogP contribution is -2.28. The number of benzene rings is 1. The Labute approximate surface area is 111 Å². The number of aliphatic hydroxyl groups excluding tert-OH is 1. The highest BCUT2D eigenvalue weighted by atomic mass is 16.3. The summed E-state index contributed by atoms with van der Waals surface area (Å²) in [5.74, 6) is 0.654. The Hall–Kier alpha value is -0.820. The SMILES string of the molecule is Cc1ccccc1C(O)C1(CC(C)C)CCCC1. The van der Waals surface area contributed by atoms with Crippen LogP contribution in [-0.4, -0.2) is 5.11 Å². The predicted octanol–water partition coefficient (Wildman–Crippen LogP) is 4.63. The monoisotopic (exact) mass is 246 g/mol. The second kappa shape index (κ2) is 5.44. The van der Waals surface area contributed by atoms with Gasteiger partial charge < -0.3 is 5.11 Å². The fraction of sp³-hybridized carbons (Fsp3) is 0.647. The van der Waals surface area contributed by atoms with Crippen molar-refractivity contribution in [3.05, 3.63) is 35.4 Å². The zero-order valence-corrected chi connectivity index (χ0v) is 11.9. The van der Waals surface area contributed by atoms with E-state index in [-0.39, 0.29) is 11.5 Å². The summed E-state index contributed by atoms with van der Waals surface area (Å²) in [6, 6.07) is 8.30. The second-order valence-electron chi connectivity index (χ2n) is 6.43. The fourth-order valence-electron chi connectivity index (χ4n) is 3.70. The molecular weight excluding hydrogens is 220 g/mol. The molecule has 18 heavy (non-hydrogen) atoms. The van der Waals surface area contributed by atoms with Crippen LogP contribution in [0.3, 0.4) is 0 Å². The lowest BCUT2D eigenvalue weighted by Gasteiger charge is -2.37. The third-order valence-electron chi connectivity index (χ3n) is 4.48. The normalized spacial score (nSPS) is 20.3. The number of rotatable bonds is 4. The molecule has 0 bridgehead atoms. The minimum Gasteiger partial charge on any atom is -0.388 e. The molecular formula is C17H26O. The van der Waals surface area contributed by atoms with Crippen molar-refractivity contribution in [1.82, 2.24) is 0 Å². The molecule has 100 valence electrons. The quantitative estimate of drug-likeness (QED) is 0.821. The second-order valence-corrected chi connectivity index (χ2v) is 6.43. The Kier molecular flexibility index (Phi) is 4.11. The molecule has 1 fully saturated rings. The minimum atomic E-state index is -0.288. The summed E-state index contributed by atoms with van der Waals surface area (Å²) in [4.78, 5) is 0. The zero-order valence-electron chi connectivity index (χ0n) is 11.9. The summed E-state index contributed by atoms with van der Waals surface area (Å²) in [5, 5.41) is 10.9. The van der Waals surface area contributed by atoms with Gasteiger partial charge in [-0.3, -0.25) is 0 Å². The first-order chi connectivity index (χ1) is 8.55. The first kappa shape index (κ1) is 13.6. The van der Waals surface area contributed by atoms with Gasteiger partial charge in [0, 0.05) is 5.41 Å². The number of hydrogen-bond acceptors (Lipinski definition) is 1. The van der Waals surface area contributed by atoms with Crippen molar-refractivity contribution in [2.24, 2.45) is 11.3 Å². The van der Waals surface area contributed by atoms with E-state index in [1.54, 1.807) is 0 Å². The van der Waals surface area contributed by atoms with E-state index in [9.17, 15) is 5.11 Å². The molecule has 1 aliphatic carbocycles. The molecule has 0 spiro atoms. The number of aliphatic hydroxyl groups is 1. The Balaban J connectivity index is 2.29. The molecule has 0 saturated heterocycles. The summed E-state index contributed by atoms with van der Waals surface area (Å²) < 4.78 is 0. The van der Waals surface area contributed by atoms with Crippen molar-refractivity contribution in [1.29, 1.82) is 0 Å². The molecule has 1 saturated carbocycles. The van der Waals surface area contributed by atoms with Gasteiger partial charge >= 0.3 is 0 Å². The van der Waals surface area contributed by atoms with Crippen LogP contribution in [-0.2, 0) is 0 Å². The van der Waals surface area contributed by atoms with Crippen molar-refractivity contribution in [3.8, 4) is 0 Å². The van der Waals surface area contributed by atoms with E-state index in [4.69, 9.17) is 0 Å². The Morgan fingerprint density at radius 1 is 1.17 bits per heavy atom. The van der Waals surface area contributed by atoms with Crippen LogP contribution >= 0.6 is 0 Å². The topological polar surface area (TPSA) is 20.2 Å². The van der Waals surface area contributed by atoms with E-state index in [0.717, 1.165) is 12.0 Å². The smallest absolute Gasteiger partial charge is 0.0848 e. The average molecular weight is 246 g/mol. The van der Waals surface area contributed by atoms with Crippen LogP contribution < -0.4 is 0 Å². The van der Waals surface area contributed by atoms with Gasteiger partial charge in [-0.1, -0.05) is 51.0 Å². The predicted molar refractivity (Wildman–Crippen MR) is 76.5 cm³/mol. The highest BCUT2D eigenvalue weighted by Gasteiger charge is 2.41. The van der Waals surface area contributed by atoms with Crippen LogP contribution in [0, 0.1) is 18.3 Å². The van der Waals surface area contributed by atoms with Crippen LogP contribution in [0.4, 0.5) is 0 Å². The lowest BCUT2D eigenvalue weighted by atomic mass is 9.71. The van der Waals surface area contributed by atoms with Gasteiger partial charge in [0.15, 0.2) is 0 Å². The molecule has 2 rings (SSSR count). The molecule has 1 nitrogen and oxygen atoms in total. The molecule has 0 radical (unpaired) electrons. The van der Waals surface area contributed by atoms with Crippen LogP contribution in [0.5, 0.6) is 0 Å². The lowest BCUT2D eigenvalue weighted by molar-refractivity contribution is 0.0108. The molecule has 1 aromatic rings. The van der Waals surface area contributed by atoms with Gasteiger partial charge in [0.25, 0.3) is 0 Å². The molecule has 1 atom stereocenters. The molecule has 0 aliphatic heterocycles. The highest BCUT2D eigenvalue weighted by Crippen LogP contribution is 2.51. The third kappa shape index (κ3) is 2.61. The van der Waals surface area contributed by atoms with Crippen LogP contribution in [0.2, 0.25) is 0 Å². The van der Waals surface area contributed by atoms with E-state index in [1.807, 2.05) is 6.07 Å². The molecule has 1 aliphatic rings. The molecule has 0 aromatic heterocycles. The zero-order chi connectivity index (χ0) is 13.2. The van der Waals surface area contributed by atoms with Gasteiger partial charge in [0.2, 0.25) is 0 Å². The Morgan fingerprint density at radius 2 is 1.78 bits per heavy atom. The molecule has 0 heterocycles. The summed E-state index contributed by atoms with van der Waals surface area (Å²) in [6.07, 6.45) is 5.76. The maximum absolute atomic E-state index is 10.9. The van der Waals surface area contributed by atoms with Crippen molar-refractivity contribution in [2.45, 2.75) is 59.0 Å². The van der Waals surface area contributed by atoms with Gasteiger partial charge in [0.1, 0.15) is 0 Å². The Bertz CT molecular complexity index is 388. The maximum atomic E-state index is 10.9. The molecule has 1 N–H and O–H groups in total. The Morgan fingerprint density at radius 3 is 2.33 bits per heavy atom. The molecule has 1 aromatic carbocycles. The first-order valence-electron chi connectivity index (χ1n) is 7.29. The van der Waals surface area contributed by atoms with E-state index in [0.29, 0.717) is 5.92 Å². The molecule has 1 heteroatoms. The van der Waals surface area contributed by atoms with E-state index >= 15 is 0 Å². The van der Waals surface area contributed by atoms with Gasteiger partial charge in [0.05, 0.1) is 6.10 Å². The standard InChI is InChI=1S/C17H26O/c1-13(2)12-17(10-6-7-11-17)16(18)15-9-5-4-8-14(15)3/h4-5,8-9,13,16,18H,6-7,10-12H2,1-3H3. The summed E-state index contributed by atoms with van der Waals surface area (Å²) in [5.41, 5.74) is 2.49. The summed E-state index contributed by atoms with van der Waals surface area (Å²) in [7, 11) is 0. The van der Waals surface area contributed by atoms with Gasteiger partial charge in [-0.2, -0.15) is 0 Å². The minimum absolute atomic E-state index is 0.125. The molecule has 0 amide bonds. The van der Waals surface area contributed by atoms with Gasteiger partial charge in [-0.05, 0) is 43.2 Å². The van der Waals surface area contributed by atoms with Crippen molar-refractivity contribution in [3.63, 3.8) is 0 Å². The summed E-state index contributed by atoms with van der Waals surface area (Å²) >= 11 is 0.